The highest BCUT2D eigenvalue weighted by Gasteiger charge is 2.10. The van der Waals surface area contributed by atoms with Gasteiger partial charge in [-0.15, -0.1) is 5.10 Å². The first-order valence-electron chi connectivity index (χ1n) is 7.86. The third-order valence-corrected chi connectivity index (χ3v) is 3.09. The number of aromatic nitrogens is 3. The van der Waals surface area contributed by atoms with Gasteiger partial charge in [-0.25, -0.2) is 4.79 Å². The Balaban J connectivity index is 2.21. The molecule has 1 rings (SSSR count). The number of nitrogens with zero attached hydrogens (tertiary/aromatic N) is 3. The van der Waals surface area contributed by atoms with Crippen LogP contribution in [0.4, 0.5) is 0 Å². The Morgan fingerprint density at radius 1 is 1.41 bits per heavy atom. The summed E-state index contributed by atoms with van der Waals surface area (Å²) in [5.74, 6) is -0.394. The van der Waals surface area contributed by atoms with Gasteiger partial charge in [-0.3, -0.25) is 4.68 Å². The van der Waals surface area contributed by atoms with E-state index in [2.05, 4.69) is 23.8 Å². The molecule has 0 fully saturated rings. The van der Waals surface area contributed by atoms with Crippen LogP contribution in [-0.4, -0.2) is 33.7 Å². The number of ether oxygens (including phenoxy) is 2. The molecule has 124 valence electrons. The van der Waals surface area contributed by atoms with E-state index in [4.69, 9.17) is 9.47 Å². The van der Waals surface area contributed by atoms with Crippen molar-refractivity contribution in [1.82, 2.24) is 15.0 Å². The van der Waals surface area contributed by atoms with E-state index in [-0.39, 0.29) is 6.10 Å². The van der Waals surface area contributed by atoms with Crippen molar-refractivity contribution >= 4 is 5.97 Å². The van der Waals surface area contributed by atoms with Gasteiger partial charge in [-0.05, 0) is 20.3 Å². The van der Waals surface area contributed by atoms with E-state index < -0.39 is 5.97 Å². The highest BCUT2D eigenvalue weighted by molar-refractivity contribution is 5.87. The fourth-order valence-electron chi connectivity index (χ4n) is 1.86. The second kappa shape index (κ2) is 10.1. The average Bonchev–Trinajstić information content (AvgIpc) is 2.91. The van der Waals surface area contributed by atoms with Crippen LogP contribution in [0.1, 0.15) is 52.1 Å². The third-order valence-electron chi connectivity index (χ3n) is 3.09. The van der Waals surface area contributed by atoms with Gasteiger partial charge in [-0.2, -0.15) is 0 Å². The third kappa shape index (κ3) is 7.36. The maximum atomic E-state index is 11.3. The van der Waals surface area contributed by atoms with Gasteiger partial charge < -0.3 is 9.47 Å². The first kappa shape index (κ1) is 18.4. The summed E-state index contributed by atoms with van der Waals surface area (Å²) < 4.78 is 12.5. The number of esters is 1. The lowest BCUT2D eigenvalue weighted by Crippen LogP contribution is -2.20. The summed E-state index contributed by atoms with van der Waals surface area (Å²) in [6.45, 7) is 10.7. The monoisotopic (exact) mass is 309 g/mol. The molecule has 0 radical (unpaired) electrons. The van der Waals surface area contributed by atoms with Crippen LogP contribution in [-0.2, 0) is 27.4 Å². The molecular formula is C16H27N3O3. The molecule has 0 bridgehead atoms. The molecule has 0 amide bonds. The van der Waals surface area contributed by atoms with Crippen LogP contribution in [0.25, 0.3) is 0 Å². The number of carbonyl (C=O) groups excluding carboxylic acids is 1. The van der Waals surface area contributed by atoms with Crippen LogP contribution >= 0.6 is 0 Å². The fraction of sp³-hybridized carbons (Fsp3) is 0.688. The van der Waals surface area contributed by atoms with Crippen molar-refractivity contribution in [1.29, 1.82) is 0 Å². The number of hydrogen-bond donors (Lipinski definition) is 0. The molecule has 0 saturated heterocycles. The molecule has 0 aliphatic heterocycles. The SMILES string of the molecule is C=C(C)C(=O)OC(C)COCc1cn(CCCCCC)nn1. The van der Waals surface area contributed by atoms with E-state index >= 15 is 0 Å². The molecule has 1 heterocycles. The van der Waals surface area contributed by atoms with Crippen molar-refractivity contribution in [2.45, 2.75) is 65.7 Å². The summed E-state index contributed by atoms with van der Waals surface area (Å²) in [7, 11) is 0. The number of unbranched alkanes of at least 4 members (excludes halogenated alkanes) is 3. The zero-order valence-electron chi connectivity index (χ0n) is 13.9. The fourth-order valence-corrected chi connectivity index (χ4v) is 1.86. The zero-order valence-corrected chi connectivity index (χ0v) is 13.9. The topological polar surface area (TPSA) is 66.2 Å². The molecule has 0 aliphatic rings. The molecule has 0 spiro atoms. The maximum Gasteiger partial charge on any atom is 0.333 e. The molecule has 0 aliphatic carbocycles. The van der Waals surface area contributed by atoms with Gasteiger partial charge in [0.2, 0.25) is 0 Å². The lowest BCUT2D eigenvalue weighted by molar-refractivity contribution is -0.146. The van der Waals surface area contributed by atoms with E-state index in [1.54, 1.807) is 13.8 Å². The van der Waals surface area contributed by atoms with Crippen LogP contribution in [0.15, 0.2) is 18.3 Å². The van der Waals surface area contributed by atoms with Gasteiger partial charge in [0, 0.05) is 12.1 Å². The molecule has 0 N–H and O–H groups in total. The van der Waals surface area contributed by atoms with Crippen LogP contribution in [0.5, 0.6) is 0 Å². The molecule has 0 aromatic carbocycles. The summed E-state index contributed by atoms with van der Waals surface area (Å²) in [4.78, 5) is 11.3. The minimum Gasteiger partial charge on any atom is -0.457 e. The van der Waals surface area contributed by atoms with Crippen LogP contribution < -0.4 is 0 Å². The van der Waals surface area contributed by atoms with E-state index in [9.17, 15) is 4.79 Å². The molecule has 1 atom stereocenters. The average molecular weight is 309 g/mol. The predicted octanol–water partition coefficient (Wildman–Crippen LogP) is 2.88. The summed E-state index contributed by atoms with van der Waals surface area (Å²) in [6, 6.07) is 0. The van der Waals surface area contributed by atoms with Crippen molar-refractivity contribution in [3.05, 3.63) is 24.0 Å². The Hall–Kier alpha value is -1.69. The van der Waals surface area contributed by atoms with E-state index in [1.807, 2.05) is 10.9 Å². The Morgan fingerprint density at radius 3 is 2.86 bits per heavy atom. The number of hydrogen-bond acceptors (Lipinski definition) is 5. The molecule has 6 heteroatoms. The molecule has 1 aromatic heterocycles. The lowest BCUT2D eigenvalue weighted by Gasteiger charge is -2.12. The highest BCUT2D eigenvalue weighted by atomic mass is 16.6. The Labute approximate surface area is 132 Å². The Bertz CT molecular complexity index is 471. The second-order valence-corrected chi connectivity index (χ2v) is 5.54. The summed E-state index contributed by atoms with van der Waals surface area (Å²) >= 11 is 0. The first-order valence-corrected chi connectivity index (χ1v) is 7.86. The van der Waals surface area contributed by atoms with Gasteiger partial charge in [0.05, 0.1) is 19.4 Å². The summed E-state index contributed by atoms with van der Waals surface area (Å²) in [5, 5.41) is 8.14. The minimum absolute atomic E-state index is 0.312. The number of carbonyl (C=O) groups is 1. The smallest absolute Gasteiger partial charge is 0.333 e. The van der Waals surface area contributed by atoms with Gasteiger partial charge in [0.25, 0.3) is 0 Å². The van der Waals surface area contributed by atoms with Crippen molar-refractivity contribution in [3.63, 3.8) is 0 Å². The van der Waals surface area contributed by atoms with Crippen molar-refractivity contribution in [3.8, 4) is 0 Å². The summed E-state index contributed by atoms with van der Waals surface area (Å²) in [5.41, 5.74) is 1.17. The van der Waals surface area contributed by atoms with Crippen LogP contribution in [0, 0.1) is 0 Å². The Kier molecular flexibility index (Phi) is 8.43. The van der Waals surface area contributed by atoms with E-state index in [1.165, 1.54) is 19.3 Å². The number of aryl methyl sites for hydroxylation is 1. The molecular weight excluding hydrogens is 282 g/mol. The largest absolute Gasteiger partial charge is 0.457 e. The minimum atomic E-state index is -0.394. The molecule has 1 aromatic rings. The Morgan fingerprint density at radius 2 is 2.18 bits per heavy atom. The quantitative estimate of drug-likeness (QED) is 0.357. The standard InChI is InChI=1S/C16H27N3O3/c1-5-6-7-8-9-19-10-15(17-18-19)12-21-11-14(4)22-16(20)13(2)3/h10,14H,2,5-9,11-12H2,1,3-4H3. The van der Waals surface area contributed by atoms with E-state index in [0.29, 0.717) is 18.8 Å². The number of rotatable bonds is 11. The normalized spacial score (nSPS) is 12.1. The zero-order chi connectivity index (χ0) is 16.4. The molecule has 22 heavy (non-hydrogen) atoms. The van der Waals surface area contributed by atoms with Gasteiger partial charge in [-0.1, -0.05) is 38.0 Å². The van der Waals surface area contributed by atoms with Crippen molar-refractivity contribution in [2.75, 3.05) is 6.61 Å². The maximum absolute atomic E-state index is 11.3. The lowest BCUT2D eigenvalue weighted by atomic mass is 10.2. The van der Waals surface area contributed by atoms with Crippen LogP contribution in [0.2, 0.25) is 0 Å². The van der Waals surface area contributed by atoms with Crippen molar-refractivity contribution in [2.24, 2.45) is 0 Å². The van der Waals surface area contributed by atoms with E-state index in [0.717, 1.165) is 18.7 Å². The van der Waals surface area contributed by atoms with Gasteiger partial charge in [0.1, 0.15) is 11.8 Å². The molecule has 1 unspecified atom stereocenters. The van der Waals surface area contributed by atoms with Crippen LogP contribution in [0.3, 0.4) is 0 Å². The first-order chi connectivity index (χ1) is 10.5. The second-order valence-electron chi connectivity index (χ2n) is 5.54. The summed E-state index contributed by atoms with van der Waals surface area (Å²) in [6.07, 6.45) is 6.40. The molecule has 6 nitrogen and oxygen atoms in total. The van der Waals surface area contributed by atoms with Gasteiger partial charge in [0.15, 0.2) is 0 Å². The molecule has 0 saturated carbocycles. The van der Waals surface area contributed by atoms with Crippen molar-refractivity contribution < 1.29 is 14.3 Å². The predicted molar refractivity (Wildman–Crippen MR) is 84.2 cm³/mol. The highest BCUT2D eigenvalue weighted by Crippen LogP contribution is 2.04. The van der Waals surface area contributed by atoms with Gasteiger partial charge >= 0.3 is 5.97 Å².